The molecule has 0 radical (unpaired) electrons. The Balaban J connectivity index is 2.44. The number of carbonyl (C=O) groups excluding carboxylic acids is 1. The summed E-state index contributed by atoms with van der Waals surface area (Å²) in [5, 5.41) is 2.39. The zero-order valence-corrected chi connectivity index (χ0v) is 11.3. The van der Waals surface area contributed by atoms with Crippen molar-refractivity contribution in [1.82, 2.24) is 5.32 Å². The van der Waals surface area contributed by atoms with Crippen LogP contribution in [-0.2, 0) is 15.9 Å². The Hall–Kier alpha value is -1.45. The van der Waals surface area contributed by atoms with Crippen LogP contribution in [0.15, 0.2) is 30.3 Å². The maximum atomic E-state index is 11.5. The van der Waals surface area contributed by atoms with Gasteiger partial charge in [0.2, 0.25) is 0 Å². The van der Waals surface area contributed by atoms with Crippen LogP contribution >= 0.6 is 8.03 Å². The normalized spacial score (nSPS) is 13.0. The van der Waals surface area contributed by atoms with Crippen molar-refractivity contribution in [1.29, 1.82) is 0 Å². The summed E-state index contributed by atoms with van der Waals surface area (Å²) < 4.78 is 16.0. The van der Waals surface area contributed by atoms with Crippen LogP contribution in [0.3, 0.4) is 0 Å². The summed E-state index contributed by atoms with van der Waals surface area (Å²) in [4.78, 5) is 20.5. The third kappa shape index (κ3) is 4.82. The summed E-state index contributed by atoms with van der Waals surface area (Å²) in [5.41, 5.74) is 0.863. The summed E-state index contributed by atoms with van der Waals surface area (Å²) in [6.07, 6.45) is -0.685. The highest BCUT2D eigenvalue weighted by atomic mass is 31.1. The number of alkyl carbamates (subject to hydrolysis) is 1. The molecule has 0 aliphatic carbocycles. The van der Waals surface area contributed by atoms with Crippen molar-refractivity contribution in [2.75, 3.05) is 0 Å². The van der Waals surface area contributed by atoms with Crippen LogP contribution in [0.2, 0.25) is 0 Å². The summed E-state index contributed by atoms with van der Waals surface area (Å²) in [5.74, 6) is -0.925. The van der Waals surface area contributed by atoms with Gasteiger partial charge in [-0.25, -0.2) is 4.79 Å². The van der Waals surface area contributed by atoms with E-state index in [2.05, 4.69) is 5.32 Å². The van der Waals surface area contributed by atoms with Crippen molar-refractivity contribution in [2.24, 2.45) is 5.92 Å². The Bertz CT molecular complexity index is 408. The highest BCUT2D eigenvalue weighted by Gasteiger charge is 2.34. The number of rotatable bonds is 5. The second-order valence-electron chi connectivity index (χ2n) is 4.20. The molecule has 18 heavy (non-hydrogen) atoms. The number of ether oxygens (including phenoxy) is 1. The molecule has 1 aromatic rings. The van der Waals surface area contributed by atoms with E-state index in [1.165, 1.54) is 0 Å². The lowest BCUT2D eigenvalue weighted by Crippen LogP contribution is -2.36. The fourth-order valence-corrected chi connectivity index (χ4v) is 2.09. The van der Waals surface area contributed by atoms with Gasteiger partial charge >= 0.3 is 14.1 Å². The van der Waals surface area contributed by atoms with E-state index in [-0.39, 0.29) is 12.5 Å². The molecular formula is C12H17NO4P+. The lowest BCUT2D eigenvalue weighted by atomic mass is 10.2. The van der Waals surface area contributed by atoms with Crippen LogP contribution in [0.5, 0.6) is 0 Å². The van der Waals surface area contributed by atoms with E-state index in [4.69, 9.17) is 9.63 Å². The Morgan fingerprint density at radius 1 is 1.39 bits per heavy atom. The lowest BCUT2D eigenvalue weighted by Gasteiger charge is -2.11. The Morgan fingerprint density at radius 3 is 2.50 bits per heavy atom. The molecule has 0 aromatic heterocycles. The van der Waals surface area contributed by atoms with Crippen LogP contribution in [0.25, 0.3) is 0 Å². The minimum Gasteiger partial charge on any atom is -0.445 e. The van der Waals surface area contributed by atoms with E-state index < -0.39 is 19.9 Å². The average molecular weight is 270 g/mol. The number of carbonyl (C=O) groups is 1. The molecule has 5 nitrogen and oxygen atoms in total. The molecule has 1 aromatic carbocycles. The quantitative estimate of drug-likeness (QED) is 0.806. The standard InChI is InChI=1S/C12H16NO4P/c1-9(2)11(18(15)16)13-12(14)17-8-10-6-4-3-5-7-10/h3-7,9,11H,8H2,1-2H3,(H-,13,14,15,16)/p+1/t11-/m1/s1. The number of hydrogen-bond donors (Lipinski definition) is 2. The predicted octanol–water partition coefficient (Wildman–Crippen LogP) is 2.63. The van der Waals surface area contributed by atoms with Crippen molar-refractivity contribution in [3.05, 3.63) is 35.9 Å². The number of nitrogens with one attached hydrogen (secondary N) is 1. The van der Waals surface area contributed by atoms with Gasteiger partial charge in [0.25, 0.3) is 5.78 Å². The maximum absolute atomic E-state index is 11.5. The fraction of sp³-hybridized carbons (Fsp3) is 0.417. The van der Waals surface area contributed by atoms with E-state index in [1.807, 2.05) is 30.3 Å². The monoisotopic (exact) mass is 270 g/mol. The van der Waals surface area contributed by atoms with Gasteiger partial charge in [0.05, 0.1) is 0 Å². The molecule has 2 N–H and O–H groups in total. The van der Waals surface area contributed by atoms with Crippen LogP contribution in [-0.4, -0.2) is 16.8 Å². The van der Waals surface area contributed by atoms with Crippen molar-refractivity contribution in [3.8, 4) is 0 Å². The Kier molecular flexibility index (Phi) is 5.75. The Labute approximate surface area is 107 Å². The van der Waals surface area contributed by atoms with Crippen LogP contribution in [0.1, 0.15) is 19.4 Å². The van der Waals surface area contributed by atoms with Gasteiger partial charge < -0.3 is 4.74 Å². The van der Waals surface area contributed by atoms with Gasteiger partial charge in [-0.2, -0.15) is 4.89 Å². The van der Waals surface area contributed by atoms with E-state index in [0.717, 1.165) is 5.56 Å². The SMILES string of the molecule is CC(C)[C@H](NC(=O)OCc1ccccc1)[P+](=O)O. The van der Waals surface area contributed by atoms with Crippen molar-refractivity contribution < 1.29 is 19.0 Å². The van der Waals surface area contributed by atoms with Gasteiger partial charge in [-0.15, -0.1) is 0 Å². The van der Waals surface area contributed by atoms with Crippen molar-refractivity contribution >= 4 is 14.1 Å². The summed E-state index contributed by atoms with van der Waals surface area (Å²) >= 11 is 0. The highest BCUT2D eigenvalue weighted by Crippen LogP contribution is 2.26. The molecule has 0 saturated carbocycles. The first-order valence-corrected chi connectivity index (χ1v) is 6.91. The Morgan fingerprint density at radius 2 is 2.00 bits per heavy atom. The van der Waals surface area contributed by atoms with Crippen LogP contribution < -0.4 is 5.32 Å². The first kappa shape index (κ1) is 14.6. The third-order valence-corrected chi connectivity index (χ3v) is 3.55. The summed E-state index contributed by atoms with van der Waals surface area (Å²) in [7, 11) is -2.46. The van der Waals surface area contributed by atoms with Gasteiger partial charge in [-0.05, 0) is 10.1 Å². The molecule has 0 heterocycles. The van der Waals surface area contributed by atoms with Gasteiger partial charge in [0, 0.05) is 5.92 Å². The molecule has 6 heteroatoms. The van der Waals surface area contributed by atoms with Crippen LogP contribution in [0.4, 0.5) is 4.79 Å². The molecule has 0 aliphatic rings. The van der Waals surface area contributed by atoms with E-state index in [9.17, 15) is 9.36 Å². The number of benzene rings is 1. The largest absolute Gasteiger partial charge is 0.531 e. The van der Waals surface area contributed by atoms with Gasteiger partial charge in [-0.3, -0.25) is 5.32 Å². The first-order chi connectivity index (χ1) is 8.50. The minimum absolute atomic E-state index is 0.136. The summed E-state index contributed by atoms with van der Waals surface area (Å²) in [6.45, 7) is 3.65. The molecule has 0 aliphatic heterocycles. The zero-order chi connectivity index (χ0) is 13.5. The molecule has 1 amide bonds. The number of hydrogen-bond acceptors (Lipinski definition) is 3. The van der Waals surface area contributed by atoms with Gasteiger partial charge in [-0.1, -0.05) is 44.2 Å². The lowest BCUT2D eigenvalue weighted by molar-refractivity contribution is 0.136. The molecule has 1 rings (SSSR count). The molecule has 0 fully saturated rings. The average Bonchev–Trinajstić information content (AvgIpc) is 2.34. The van der Waals surface area contributed by atoms with Crippen molar-refractivity contribution in [3.63, 3.8) is 0 Å². The second-order valence-corrected chi connectivity index (χ2v) is 5.36. The molecule has 0 bridgehead atoms. The zero-order valence-electron chi connectivity index (χ0n) is 10.4. The van der Waals surface area contributed by atoms with E-state index in [0.29, 0.717) is 0 Å². The number of amides is 1. The van der Waals surface area contributed by atoms with Gasteiger partial charge in [0.15, 0.2) is 0 Å². The second kappa shape index (κ2) is 7.09. The maximum Gasteiger partial charge on any atom is 0.531 e. The highest BCUT2D eigenvalue weighted by molar-refractivity contribution is 7.38. The first-order valence-electron chi connectivity index (χ1n) is 5.63. The topological polar surface area (TPSA) is 75.6 Å². The molecule has 0 saturated heterocycles. The third-order valence-electron chi connectivity index (χ3n) is 2.35. The van der Waals surface area contributed by atoms with Crippen LogP contribution in [0, 0.1) is 5.92 Å². The predicted molar refractivity (Wildman–Crippen MR) is 68.2 cm³/mol. The van der Waals surface area contributed by atoms with E-state index >= 15 is 0 Å². The summed E-state index contributed by atoms with van der Waals surface area (Å²) in [6, 6.07) is 9.23. The van der Waals surface area contributed by atoms with Gasteiger partial charge in [0.1, 0.15) is 6.61 Å². The molecule has 0 spiro atoms. The van der Waals surface area contributed by atoms with Crippen molar-refractivity contribution in [2.45, 2.75) is 26.2 Å². The molecule has 98 valence electrons. The smallest absolute Gasteiger partial charge is 0.445 e. The fourth-order valence-electron chi connectivity index (χ4n) is 1.36. The molecule has 2 atom stereocenters. The molecule has 1 unspecified atom stereocenters. The van der Waals surface area contributed by atoms with E-state index in [1.54, 1.807) is 13.8 Å². The minimum atomic E-state index is -2.46. The molecular weight excluding hydrogens is 253 g/mol.